The molecule has 7 heteroatoms. The van der Waals surface area contributed by atoms with E-state index in [1.807, 2.05) is 32.0 Å². The van der Waals surface area contributed by atoms with Crippen molar-refractivity contribution >= 4 is 41.3 Å². The van der Waals surface area contributed by atoms with Crippen molar-refractivity contribution in [1.29, 1.82) is 0 Å². The molecule has 2 rings (SSSR count). The summed E-state index contributed by atoms with van der Waals surface area (Å²) in [4.78, 5) is 5.89. The third kappa shape index (κ3) is 6.74. The van der Waals surface area contributed by atoms with Crippen molar-refractivity contribution in [2.45, 2.75) is 33.4 Å². The number of nitrogens with one attached hydrogen (secondary N) is 2. The van der Waals surface area contributed by atoms with E-state index in [1.54, 1.807) is 17.4 Å². The molecule has 0 spiro atoms. The Kier molecular flexibility index (Phi) is 9.66. The number of benzene rings is 1. The van der Waals surface area contributed by atoms with Crippen molar-refractivity contribution < 1.29 is 9.84 Å². The maximum atomic E-state index is 9.77. The highest BCUT2D eigenvalue weighted by Crippen LogP contribution is 2.27. The molecule has 1 heterocycles. The van der Waals surface area contributed by atoms with E-state index in [2.05, 4.69) is 34.0 Å². The molecule has 1 unspecified atom stereocenters. The van der Waals surface area contributed by atoms with Crippen molar-refractivity contribution in [2.24, 2.45) is 4.99 Å². The van der Waals surface area contributed by atoms with Gasteiger partial charge in [0, 0.05) is 11.4 Å². The summed E-state index contributed by atoms with van der Waals surface area (Å²) >= 11 is 1.72. The fraction of sp³-hybridized carbons (Fsp3) is 0.389. The summed E-state index contributed by atoms with van der Waals surface area (Å²) in [5, 5.41) is 18.5. The summed E-state index contributed by atoms with van der Waals surface area (Å²) < 4.78 is 5.42. The third-order valence-corrected chi connectivity index (χ3v) is 4.47. The van der Waals surface area contributed by atoms with Gasteiger partial charge in [-0.15, -0.1) is 35.3 Å². The lowest BCUT2D eigenvalue weighted by Crippen LogP contribution is -2.38. The zero-order valence-electron chi connectivity index (χ0n) is 14.8. The largest absolute Gasteiger partial charge is 0.504 e. The van der Waals surface area contributed by atoms with Crippen molar-refractivity contribution in [1.82, 2.24) is 10.6 Å². The lowest BCUT2D eigenvalue weighted by Gasteiger charge is -2.17. The Morgan fingerprint density at radius 3 is 2.76 bits per heavy atom. The smallest absolute Gasteiger partial charge is 0.192 e. The van der Waals surface area contributed by atoms with E-state index >= 15 is 0 Å². The molecule has 0 saturated carbocycles. The highest BCUT2D eigenvalue weighted by Gasteiger charge is 2.09. The van der Waals surface area contributed by atoms with Crippen LogP contribution < -0.4 is 15.4 Å². The fourth-order valence-electron chi connectivity index (χ4n) is 2.23. The monoisotopic (exact) mass is 475 g/mol. The number of hydrogen-bond donors (Lipinski definition) is 3. The number of aliphatic imine (C=N–C) groups is 1. The molecule has 0 aliphatic carbocycles. The van der Waals surface area contributed by atoms with E-state index < -0.39 is 0 Å². The Balaban J connectivity index is 0.00000312. The van der Waals surface area contributed by atoms with Gasteiger partial charge in [-0.1, -0.05) is 12.1 Å². The Morgan fingerprint density at radius 1 is 1.32 bits per heavy atom. The molecular formula is C18H26IN3O2S. The number of aromatic hydroxyl groups is 1. The molecule has 1 atom stereocenters. The van der Waals surface area contributed by atoms with Gasteiger partial charge in [0.05, 0.1) is 19.2 Å². The van der Waals surface area contributed by atoms with Crippen LogP contribution in [0.1, 0.15) is 37.3 Å². The van der Waals surface area contributed by atoms with Crippen LogP contribution in [-0.4, -0.2) is 24.2 Å². The first-order valence-electron chi connectivity index (χ1n) is 8.17. The normalized spacial score (nSPS) is 12.2. The van der Waals surface area contributed by atoms with Crippen LogP contribution >= 0.6 is 35.3 Å². The van der Waals surface area contributed by atoms with Gasteiger partial charge < -0.3 is 20.5 Å². The van der Waals surface area contributed by atoms with Gasteiger partial charge in [0.15, 0.2) is 17.5 Å². The maximum absolute atomic E-state index is 9.77. The Bertz CT molecular complexity index is 662. The van der Waals surface area contributed by atoms with Crippen LogP contribution in [0.2, 0.25) is 0 Å². The summed E-state index contributed by atoms with van der Waals surface area (Å²) in [6, 6.07) is 9.68. The zero-order valence-corrected chi connectivity index (χ0v) is 17.9. The molecule has 25 heavy (non-hydrogen) atoms. The summed E-state index contributed by atoms with van der Waals surface area (Å²) in [6.07, 6.45) is 0. The number of guanidine groups is 1. The summed E-state index contributed by atoms with van der Waals surface area (Å²) in [5.41, 5.74) is 0.984. The van der Waals surface area contributed by atoms with Crippen molar-refractivity contribution in [3.8, 4) is 11.5 Å². The van der Waals surface area contributed by atoms with E-state index in [4.69, 9.17) is 4.74 Å². The van der Waals surface area contributed by atoms with Crippen LogP contribution in [0.3, 0.4) is 0 Å². The molecule has 0 aliphatic heterocycles. The number of hydrogen-bond acceptors (Lipinski definition) is 4. The van der Waals surface area contributed by atoms with Crippen LogP contribution in [0.5, 0.6) is 11.5 Å². The van der Waals surface area contributed by atoms with Gasteiger partial charge in [0.25, 0.3) is 0 Å². The first kappa shape index (κ1) is 21.6. The van der Waals surface area contributed by atoms with Gasteiger partial charge in [0.2, 0.25) is 0 Å². The Hall–Kier alpha value is -1.48. The van der Waals surface area contributed by atoms with Crippen LogP contribution in [0, 0.1) is 0 Å². The second kappa shape index (κ2) is 11.2. The molecule has 0 bridgehead atoms. The number of halogens is 1. The van der Waals surface area contributed by atoms with Gasteiger partial charge in [-0.3, -0.25) is 0 Å². The highest BCUT2D eigenvalue weighted by atomic mass is 127. The summed E-state index contributed by atoms with van der Waals surface area (Å²) in [6.45, 7) is 7.87. The van der Waals surface area contributed by atoms with E-state index in [0.29, 0.717) is 18.9 Å². The lowest BCUT2D eigenvalue weighted by atomic mass is 10.2. The van der Waals surface area contributed by atoms with Gasteiger partial charge in [-0.25, -0.2) is 4.99 Å². The summed E-state index contributed by atoms with van der Waals surface area (Å²) in [5.74, 6) is 1.42. The second-order valence-electron chi connectivity index (χ2n) is 5.31. The number of thiophene rings is 1. The summed E-state index contributed by atoms with van der Waals surface area (Å²) in [7, 11) is 0. The average Bonchev–Trinajstić information content (AvgIpc) is 3.10. The predicted octanol–water partition coefficient (Wildman–Crippen LogP) is 4.29. The molecule has 1 aromatic heterocycles. The van der Waals surface area contributed by atoms with Crippen LogP contribution in [0.4, 0.5) is 0 Å². The first-order valence-corrected chi connectivity index (χ1v) is 9.05. The van der Waals surface area contributed by atoms with E-state index in [1.165, 1.54) is 4.88 Å². The van der Waals surface area contributed by atoms with E-state index in [9.17, 15) is 5.11 Å². The molecule has 138 valence electrons. The van der Waals surface area contributed by atoms with E-state index in [0.717, 1.165) is 18.1 Å². The van der Waals surface area contributed by atoms with Gasteiger partial charge in [-0.05, 0) is 49.9 Å². The molecule has 0 radical (unpaired) electrons. The SMILES string of the molecule is CCNC(=NCc1ccc(O)c(OCC)c1)NC(C)c1cccs1.I. The number of nitrogens with zero attached hydrogens (tertiary/aromatic N) is 1. The Labute approximate surface area is 170 Å². The van der Waals surface area contributed by atoms with E-state index in [-0.39, 0.29) is 35.8 Å². The van der Waals surface area contributed by atoms with Crippen LogP contribution in [0.25, 0.3) is 0 Å². The van der Waals surface area contributed by atoms with Gasteiger partial charge in [-0.2, -0.15) is 0 Å². The molecule has 0 saturated heterocycles. The fourth-order valence-corrected chi connectivity index (χ4v) is 2.97. The molecule has 2 aromatic rings. The van der Waals surface area contributed by atoms with Crippen LogP contribution in [-0.2, 0) is 6.54 Å². The van der Waals surface area contributed by atoms with Gasteiger partial charge in [0.1, 0.15) is 0 Å². The van der Waals surface area contributed by atoms with Gasteiger partial charge >= 0.3 is 0 Å². The minimum atomic E-state index is 0. The second-order valence-corrected chi connectivity index (χ2v) is 6.29. The zero-order chi connectivity index (χ0) is 17.4. The number of phenols is 1. The van der Waals surface area contributed by atoms with Crippen molar-refractivity contribution in [3.63, 3.8) is 0 Å². The standard InChI is InChI=1S/C18H25N3O2S.HI/c1-4-19-18(21-13(3)17-7-6-10-24-17)20-12-14-8-9-15(22)16(11-14)23-5-2;/h6-11,13,22H,4-5,12H2,1-3H3,(H2,19,20,21);1H. The molecule has 0 fully saturated rings. The molecule has 0 aliphatic rings. The molecule has 3 N–H and O–H groups in total. The van der Waals surface area contributed by atoms with Crippen molar-refractivity contribution in [2.75, 3.05) is 13.2 Å². The number of rotatable bonds is 7. The number of phenolic OH excluding ortho intramolecular Hbond substituents is 1. The lowest BCUT2D eigenvalue weighted by molar-refractivity contribution is 0.318. The first-order chi connectivity index (χ1) is 11.6. The topological polar surface area (TPSA) is 65.9 Å². The highest BCUT2D eigenvalue weighted by molar-refractivity contribution is 14.0. The molecule has 5 nitrogen and oxygen atoms in total. The molecule has 0 amide bonds. The molecular weight excluding hydrogens is 449 g/mol. The quantitative estimate of drug-likeness (QED) is 0.318. The third-order valence-electron chi connectivity index (χ3n) is 3.41. The molecule has 1 aromatic carbocycles. The Morgan fingerprint density at radius 2 is 2.12 bits per heavy atom. The predicted molar refractivity (Wildman–Crippen MR) is 115 cm³/mol. The van der Waals surface area contributed by atoms with Crippen LogP contribution in [0.15, 0.2) is 40.7 Å². The van der Waals surface area contributed by atoms with Crippen molar-refractivity contribution in [3.05, 3.63) is 46.2 Å². The average molecular weight is 475 g/mol. The minimum absolute atomic E-state index is 0. The number of ether oxygens (including phenoxy) is 1. The maximum Gasteiger partial charge on any atom is 0.192 e. The minimum Gasteiger partial charge on any atom is -0.504 e.